The van der Waals surface area contributed by atoms with Gasteiger partial charge in [0, 0.05) is 18.7 Å². The van der Waals surface area contributed by atoms with Crippen LogP contribution in [0.15, 0.2) is 18.2 Å². The summed E-state index contributed by atoms with van der Waals surface area (Å²) in [7, 11) is 0. The van der Waals surface area contributed by atoms with E-state index in [2.05, 4.69) is 20.4 Å². The van der Waals surface area contributed by atoms with Crippen LogP contribution in [0.3, 0.4) is 0 Å². The van der Waals surface area contributed by atoms with Crippen molar-refractivity contribution in [3.8, 4) is 0 Å². The van der Waals surface area contributed by atoms with Gasteiger partial charge >= 0.3 is 0 Å². The molecule has 0 aliphatic heterocycles. The number of aromatic amines is 1. The van der Waals surface area contributed by atoms with Gasteiger partial charge in [-0.25, -0.2) is 4.98 Å². The molecule has 2 heterocycles. The number of hydrogen-bond acceptors (Lipinski definition) is 4. The maximum Gasteiger partial charge on any atom is 0.241 e. The Morgan fingerprint density at radius 1 is 1.23 bits per heavy atom. The molecule has 2 N–H and O–H groups in total. The molecule has 0 aliphatic rings. The van der Waals surface area contributed by atoms with Crippen LogP contribution >= 0.6 is 0 Å². The number of aryl methyl sites for hydroxylation is 2. The van der Waals surface area contributed by atoms with E-state index in [0.29, 0.717) is 24.2 Å². The molecule has 136 valence electrons. The van der Waals surface area contributed by atoms with Gasteiger partial charge in [-0.15, -0.1) is 0 Å². The van der Waals surface area contributed by atoms with Crippen LogP contribution < -0.4 is 5.32 Å². The number of aromatic nitrogens is 4. The average molecular weight is 353 g/mol. The monoisotopic (exact) mass is 353 g/mol. The third-order valence-electron chi connectivity index (χ3n) is 4.47. The van der Waals surface area contributed by atoms with Crippen molar-refractivity contribution in [1.29, 1.82) is 0 Å². The number of nitrogens with one attached hydrogen (secondary N) is 2. The first kappa shape index (κ1) is 17.8. The maximum atomic E-state index is 12.2. The smallest absolute Gasteiger partial charge is 0.241 e. The standard InChI is InChI=1S/C19H23N5O2/c1-11-6-5-7-15-19(11)22-16(21-15)8-9-20-17(26)10-24-13(3)18(14(4)25)12(2)23-24/h5-7H,8-10H2,1-4H3,(H,20,26)(H,21,22). The molecule has 0 fully saturated rings. The molecule has 2 aromatic heterocycles. The molecule has 0 spiro atoms. The second kappa shape index (κ2) is 7.11. The van der Waals surface area contributed by atoms with Gasteiger partial charge in [-0.3, -0.25) is 14.3 Å². The van der Waals surface area contributed by atoms with Gasteiger partial charge in [0.05, 0.1) is 22.3 Å². The molecule has 0 unspecified atom stereocenters. The lowest BCUT2D eigenvalue weighted by Crippen LogP contribution is -2.30. The molecule has 0 saturated heterocycles. The van der Waals surface area contributed by atoms with Gasteiger partial charge in [-0.05, 0) is 39.3 Å². The largest absolute Gasteiger partial charge is 0.354 e. The number of ketones is 1. The van der Waals surface area contributed by atoms with Crippen molar-refractivity contribution in [2.24, 2.45) is 0 Å². The highest BCUT2D eigenvalue weighted by Crippen LogP contribution is 2.15. The normalized spacial score (nSPS) is 11.1. The van der Waals surface area contributed by atoms with Gasteiger partial charge in [0.1, 0.15) is 12.4 Å². The number of imidazole rings is 1. The summed E-state index contributed by atoms with van der Waals surface area (Å²) in [6.45, 7) is 7.70. The number of fused-ring (bicyclic) bond motifs is 1. The Morgan fingerprint density at radius 2 is 2.00 bits per heavy atom. The highest BCUT2D eigenvalue weighted by Gasteiger charge is 2.16. The molecule has 3 aromatic rings. The minimum atomic E-state index is -0.141. The third kappa shape index (κ3) is 3.51. The summed E-state index contributed by atoms with van der Waals surface area (Å²) in [5, 5.41) is 7.17. The molecule has 0 radical (unpaired) electrons. The molecule has 0 aliphatic carbocycles. The number of hydrogen-bond donors (Lipinski definition) is 2. The van der Waals surface area contributed by atoms with Crippen molar-refractivity contribution in [3.05, 3.63) is 46.5 Å². The lowest BCUT2D eigenvalue weighted by molar-refractivity contribution is -0.121. The molecule has 26 heavy (non-hydrogen) atoms. The summed E-state index contributed by atoms with van der Waals surface area (Å²) in [6, 6.07) is 6.01. The van der Waals surface area contributed by atoms with Gasteiger partial charge in [0.15, 0.2) is 5.78 Å². The Kier molecular flexibility index (Phi) is 4.88. The molecule has 1 aromatic carbocycles. The first-order chi connectivity index (χ1) is 12.4. The van der Waals surface area contributed by atoms with Crippen LogP contribution in [0.1, 0.15) is 40.1 Å². The van der Waals surface area contributed by atoms with Crippen molar-refractivity contribution in [2.75, 3.05) is 6.54 Å². The summed E-state index contributed by atoms with van der Waals surface area (Å²) in [6.07, 6.45) is 0.621. The Balaban J connectivity index is 1.58. The Hall–Kier alpha value is -2.96. The lowest BCUT2D eigenvalue weighted by atomic mass is 10.1. The van der Waals surface area contributed by atoms with Crippen molar-refractivity contribution < 1.29 is 9.59 Å². The number of para-hydroxylation sites is 1. The SMILES string of the molecule is CC(=O)c1c(C)nn(CC(=O)NCCc2nc3c(C)cccc3[nH]2)c1C. The van der Waals surface area contributed by atoms with E-state index in [9.17, 15) is 9.59 Å². The lowest BCUT2D eigenvalue weighted by Gasteiger charge is -2.06. The molecular formula is C19H23N5O2. The summed E-state index contributed by atoms with van der Waals surface area (Å²) in [5.41, 5.74) is 5.06. The summed E-state index contributed by atoms with van der Waals surface area (Å²) < 4.78 is 1.58. The first-order valence-corrected chi connectivity index (χ1v) is 8.62. The Morgan fingerprint density at radius 3 is 2.65 bits per heavy atom. The van der Waals surface area contributed by atoms with Crippen LogP contribution in [0.25, 0.3) is 11.0 Å². The van der Waals surface area contributed by atoms with Crippen molar-refractivity contribution in [2.45, 2.75) is 40.7 Å². The summed E-state index contributed by atoms with van der Waals surface area (Å²) in [5.74, 6) is 0.671. The topological polar surface area (TPSA) is 92.7 Å². The molecule has 0 atom stereocenters. The minimum absolute atomic E-state index is 0.0353. The van der Waals surface area contributed by atoms with E-state index in [1.54, 1.807) is 18.5 Å². The molecule has 7 heteroatoms. The maximum absolute atomic E-state index is 12.2. The van der Waals surface area contributed by atoms with Gasteiger partial charge in [-0.1, -0.05) is 12.1 Å². The number of carbonyl (C=O) groups excluding carboxylic acids is 2. The number of carbonyl (C=O) groups is 2. The fourth-order valence-corrected chi connectivity index (χ4v) is 3.22. The average Bonchev–Trinajstić information content (AvgIpc) is 3.09. The van der Waals surface area contributed by atoms with E-state index >= 15 is 0 Å². The second-order valence-electron chi connectivity index (χ2n) is 6.51. The number of Topliss-reactive ketones (excluding diaryl/α,β-unsaturated/α-hetero) is 1. The predicted octanol–water partition coefficient (Wildman–Crippen LogP) is 2.25. The van der Waals surface area contributed by atoms with Gasteiger partial charge < -0.3 is 10.3 Å². The van der Waals surface area contributed by atoms with E-state index in [0.717, 1.165) is 28.1 Å². The van der Waals surface area contributed by atoms with E-state index < -0.39 is 0 Å². The van der Waals surface area contributed by atoms with Crippen LogP contribution in [0.4, 0.5) is 0 Å². The fourth-order valence-electron chi connectivity index (χ4n) is 3.22. The van der Waals surface area contributed by atoms with Gasteiger partial charge in [0.25, 0.3) is 0 Å². The molecule has 7 nitrogen and oxygen atoms in total. The zero-order valence-electron chi connectivity index (χ0n) is 15.5. The van der Waals surface area contributed by atoms with Crippen LogP contribution in [0.5, 0.6) is 0 Å². The van der Waals surface area contributed by atoms with Gasteiger partial charge in [-0.2, -0.15) is 5.10 Å². The van der Waals surface area contributed by atoms with E-state index in [-0.39, 0.29) is 18.2 Å². The molecular weight excluding hydrogens is 330 g/mol. The minimum Gasteiger partial charge on any atom is -0.354 e. The number of nitrogens with zero attached hydrogens (tertiary/aromatic N) is 3. The van der Waals surface area contributed by atoms with Crippen molar-refractivity contribution in [3.63, 3.8) is 0 Å². The van der Waals surface area contributed by atoms with Crippen LogP contribution in [-0.2, 0) is 17.8 Å². The zero-order chi connectivity index (χ0) is 18.8. The zero-order valence-corrected chi connectivity index (χ0v) is 15.5. The third-order valence-corrected chi connectivity index (χ3v) is 4.47. The second-order valence-corrected chi connectivity index (χ2v) is 6.51. The van der Waals surface area contributed by atoms with Gasteiger partial charge in [0.2, 0.25) is 5.91 Å². The summed E-state index contributed by atoms with van der Waals surface area (Å²) >= 11 is 0. The van der Waals surface area contributed by atoms with Crippen molar-refractivity contribution >= 4 is 22.7 Å². The molecule has 0 saturated carbocycles. The number of benzene rings is 1. The molecule has 0 bridgehead atoms. The Bertz CT molecular complexity index is 983. The van der Waals surface area contributed by atoms with Crippen LogP contribution in [0, 0.1) is 20.8 Å². The first-order valence-electron chi connectivity index (χ1n) is 8.62. The number of H-pyrrole nitrogens is 1. The van der Waals surface area contributed by atoms with E-state index in [1.807, 2.05) is 25.1 Å². The quantitative estimate of drug-likeness (QED) is 0.665. The van der Waals surface area contributed by atoms with Crippen molar-refractivity contribution in [1.82, 2.24) is 25.1 Å². The summed E-state index contributed by atoms with van der Waals surface area (Å²) in [4.78, 5) is 31.7. The molecule has 1 amide bonds. The van der Waals surface area contributed by atoms with E-state index in [1.165, 1.54) is 6.92 Å². The molecule has 3 rings (SSSR count). The highest BCUT2D eigenvalue weighted by atomic mass is 16.2. The number of amides is 1. The van der Waals surface area contributed by atoms with Crippen LogP contribution in [-0.4, -0.2) is 38.0 Å². The highest BCUT2D eigenvalue weighted by molar-refractivity contribution is 5.96. The fraction of sp³-hybridized carbons (Fsp3) is 0.368. The Labute approximate surface area is 151 Å². The predicted molar refractivity (Wildman–Crippen MR) is 99.2 cm³/mol. The van der Waals surface area contributed by atoms with E-state index in [4.69, 9.17) is 0 Å². The van der Waals surface area contributed by atoms with Crippen LogP contribution in [0.2, 0.25) is 0 Å². The number of rotatable bonds is 6.